The lowest BCUT2D eigenvalue weighted by Crippen LogP contribution is -2.36. The summed E-state index contributed by atoms with van der Waals surface area (Å²) in [4.78, 5) is 16.5. The van der Waals surface area contributed by atoms with Crippen LogP contribution in [0.5, 0.6) is 5.75 Å². The van der Waals surface area contributed by atoms with Gasteiger partial charge in [-0.15, -0.1) is 0 Å². The van der Waals surface area contributed by atoms with E-state index in [1.165, 1.54) is 0 Å². The highest BCUT2D eigenvalue weighted by atomic mass is 16.5. The third-order valence-electron chi connectivity index (χ3n) is 4.63. The second-order valence-electron chi connectivity index (χ2n) is 7.34. The number of nitrogens with one attached hydrogen (secondary N) is 1. The van der Waals surface area contributed by atoms with E-state index in [2.05, 4.69) is 4.98 Å². The third kappa shape index (κ3) is 4.26. The second kappa shape index (κ2) is 7.76. The lowest BCUT2D eigenvalue weighted by Gasteiger charge is -2.23. The average Bonchev–Trinajstić information content (AvgIpc) is 2.66. The van der Waals surface area contributed by atoms with Crippen LogP contribution in [0.1, 0.15) is 30.7 Å². The first kappa shape index (κ1) is 18.9. The number of aromatic nitrogens is 1. The van der Waals surface area contributed by atoms with Gasteiger partial charge in [-0.1, -0.05) is 50.2 Å². The highest BCUT2D eigenvalue weighted by Gasteiger charge is 2.28. The van der Waals surface area contributed by atoms with Gasteiger partial charge >= 0.3 is 0 Å². The van der Waals surface area contributed by atoms with Crippen LogP contribution in [0.2, 0.25) is 0 Å². The van der Waals surface area contributed by atoms with E-state index in [1.807, 2.05) is 61.5 Å². The highest BCUT2D eigenvalue weighted by Crippen LogP contribution is 2.29. The molecule has 0 aliphatic heterocycles. The Morgan fingerprint density at radius 1 is 1.11 bits per heavy atom. The summed E-state index contributed by atoms with van der Waals surface area (Å²) in [6.45, 7) is 5.96. The molecule has 1 amide bonds. The molecular weight excluding hydrogens is 340 g/mol. The Labute approximate surface area is 159 Å². The maximum atomic E-state index is 11.9. The van der Waals surface area contributed by atoms with Crippen LogP contribution in [-0.2, 0) is 17.8 Å². The Hall–Kier alpha value is -2.92. The summed E-state index contributed by atoms with van der Waals surface area (Å²) in [6.07, 6.45) is 0.450. The minimum atomic E-state index is -0.756. The minimum Gasteiger partial charge on any atom is -0.489 e. The molecule has 27 heavy (non-hydrogen) atoms. The first-order chi connectivity index (χ1) is 12.9. The summed E-state index contributed by atoms with van der Waals surface area (Å²) < 4.78 is 6.12. The van der Waals surface area contributed by atoms with Gasteiger partial charge in [0.25, 0.3) is 0 Å². The molecule has 0 aliphatic rings. The SMILES string of the molecule is Cc1cc(COc2ccccc2CC(C)(C)C(=O)NO)c2ccccc2n1. The second-order valence-corrected chi connectivity index (χ2v) is 7.34. The minimum absolute atomic E-state index is 0.410. The summed E-state index contributed by atoms with van der Waals surface area (Å²) >= 11 is 0. The van der Waals surface area contributed by atoms with Crippen molar-refractivity contribution >= 4 is 16.8 Å². The highest BCUT2D eigenvalue weighted by molar-refractivity contribution is 5.82. The predicted molar refractivity (Wildman–Crippen MR) is 105 cm³/mol. The van der Waals surface area contributed by atoms with Gasteiger partial charge in [-0.25, -0.2) is 5.48 Å². The van der Waals surface area contributed by atoms with Crippen LogP contribution in [0, 0.1) is 12.3 Å². The van der Waals surface area contributed by atoms with Crippen LogP contribution in [-0.4, -0.2) is 16.1 Å². The predicted octanol–water partition coefficient (Wildman–Crippen LogP) is 4.20. The molecule has 5 nitrogen and oxygen atoms in total. The number of hydrogen-bond donors (Lipinski definition) is 2. The lowest BCUT2D eigenvalue weighted by atomic mass is 9.85. The van der Waals surface area contributed by atoms with Crippen molar-refractivity contribution in [2.24, 2.45) is 5.41 Å². The van der Waals surface area contributed by atoms with E-state index < -0.39 is 11.3 Å². The van der Waals surface area contributed by atoms with Gasteiger partial charge in [0.05, 0.1) is 5.52 Å². The molecule has 5 heteroatoms. The van der Waals surface area contributed by atoms with Gasteiger partial charge in [-0.3, -0.25) is 15.0 Å². The van der Waals surface area contributed by atoms with Gasteiger partial charge in [0.15, 0.2) is 0 Å². The lowest BCUT2D eigenvalue weighted by molar-refractivity contribution is -0.138. The maximum absolute atomic E-state index is 11.9. The monoisotopic (exact) mass is 364 g/mol. The Morgan fingerprint density at radius 3 is 2.59 bits per heavy atom. The number of carbonyl (C=O) groups excluding carboxylic acids is 1. The molecule has 0 fully saturated rings. The Kier molecular flexibility index (Phi) is 5.42. The van der Waals surface area contributed by atoms with E-state index in [9.17, 15) is 4.79 Å². The van der Waals surface area contributed by atoms with Gasteiger partial charge in [0.1, 0.15) is 12.4 Å². The van der Waals surface area contributed by atoms with Crippen molar-refractivity contribution in [3.05, 3.63) is 71.4 Å². The Morgan fingerprint density at radius 2 is 1.81 bits per heavy atom. The normalized spacial score (nSPS) is 11.4. The van der Waals surface area contributed by atoms with Gasteiger partial charge in [0, 0.05) is 22.1 Å². The number of hydrogen-bond acceptors (Lipinski definition) is 4. The van der Waals surface area contributed by atoms with Crippen LogP contribution < -0.4 is 10.2 Å². The van der Waals surface area contributed by atoms with Crippen molar-refractivity contribution in [2.45, 2.75) is 33.8 Å². The molecule has 0 radical (unpaired) electrons. The first-order valence-corrected chi connectivity index (χ1v) is 8.91. The van der Waals surface area contributed by atoms with Crippen molar-refractivity contribution in [3.8, 4) is 5.75 Å². The number of amides is 1. The van der Waals surface area contributed by atoms with Crippen LogP contribution in [0.3, 0.4) is 0 Å². The van der Waals surface area contributed by atoms with Crippen molar-refractivity contribution in [2.75, 3.05) is 0 Å². The van der Waals surface area contributed by atoms with E-state index in [0.29, 0.717) is 13.0 Å². The molecule has 3 aromatic rings. The van der Waals surface area contributed by atoms with Gasteiger partial charge < -0.3 is 4.74 Å². The Bertz CT molecular complexity index is 967. The Balaban J connectivity index is 1.85. The van der Waals surface area contributed by atoms with Gasteiger partial charge in [-0.2, -0.15) is 0 Å². The van der Waals surface area contributed by atoms with E-state index in [-0.39, 0.29) is 0 Å². The zero-order valence-corrected chi connectivity index (χ0v) is 15.8. The molecule has 0 atom stereocenters. The molecule has 0 bridgehead atoms. The summed E-state index contributed by atoms with van der Waals surface area (Å²) in [5.74, 6) is 0.308. The number of fused-ring (bicyclic) bond motifs is 1. The van der Waals surface area contributed by atoms with E-state index >= 15 is 0 Å². The fourth-order valence-electron chi connectivity index (χ4n) is 3.17. The van der Waals surface area contributed by atoms with E-state index in [0.717, 1.165) is 33.5 Å². The summed E-state index contributed by atoms with van der Waals surface area (Å²) in [6, 6.07) is 17.7. The van der Waals surface area contributed by atoms with E-state index in [1.54, 1.807) is 19.3 Å². The molecular formula is C22H24N2O3. The zero-order chi connectivity index (χ0) is 19.4. The molecule has 3 rings (SSSR count). The molecule has 1 heterocycles. The third-order valence-corrected chi connectivity index (χ3v) is 4.63. The topological polar surface area (TPSA) is 71.5 Å². The van der Waals surface area contributed by atoms with Crippen molar-refractivity contribution in [1.82, 2.24) is 10.5 Å². The number of pyridine rings is 1. The number of hydroxylamine groups is 1. The number of benzene rings is 2. The largest absolute Gasteiger partial charge is 0.489 e. The summed E-state index contributed by atoms with van der Waals surface area (Å²) in [5.41, 5.74) is 4.87. The van der Waals surface area contributed by atoms with Crippen LogP contribution >= 0.6 is 0 Å². The number of carbonyl (C=O) groups is 1. The molecule has 0 spiro atoms. The standard InChI is InChI=1S/C22H24N2O3/c1-15-12-17(18-9-5-6-10-19(18)23-15)14-27-20-11-7-4-8-16(20)13-22(2,3)21(25)24-26/h4-12,26H,13-14H2,1-3H3,(H,24,25). The molecule has 0 saturated carbocycles. The molecule has 0 saturated heterocycles. The number of rotatable bonds is 6. The van der Waals surface area contributed by atoms with Crippen molar-refractivity contribution < 1.29 is 14.7 Å². The number of aryl methyl sites for hydroxylation is 1. The summed E-state index contributed by atoms with van der Waals surface area (Å²) in [7, 11) is 0. The van der Waals surface area contributed by atoms with Crippen LogP contribution in [0.4, 0.5) is 0 Å². The molecule has 0 unspecified atom stereocenters. The quantitative estimate of drug-likeness (QED) is 0.508. The van der Waals surface area contributed by atoms with E-state index in [4.69, 9.17) is 9.94 Å². The van der Waals surface area contributed by atoms with Crippen molar-refractivity contribution in [1.29, 1.82) is 0 Å². The molecule has 0 aliphatic carbocycles. The number of para-hydroxylation sites is 2. The number of ether oxygens (including phenoxy) is 1. The molecule has 140 valence electrons. The van der Waals surface area contributed by atoms with Crippen LogP contribution in [0.15, 0.2) is 54.6 Å². The first-order valence-electron chi connectivity index (χ1n) is 8.91. The number of nitrogens with zero attached hydrogens (tertiary/aromatic N) is 1. The maximum Gasteiger partial charge on any atom is 0.249 e. The molecule has 1 aromatic heterocycles. The smallest absolute Gasteiger partial charge is 0.249 e. The fraction of sp³-hybridized carbons (Fsp3) is 0.273. The van der Waals surface area contributed by atoms with Crippen molar-refractivity contribution in [3.63, 3.8) is 0 Å². The zero-order valence-electron chi connectivity index (χ0n) is 15.8. The molecule has 2 aromatic carbocycles. The fourth-order valence-corrected chi connectivity index (χ4v) is 3.17. The summed E-state index contributed by atoms with van der Waals surface area (Å²) in [5, 5.41) is 10.0. The molecule has 2 N–H and O–H groups in total. The van der Waals surface area contributed by atoms with Crippen LogP contribution in [0.25, 0.3) is 10.9 Å². The van der Waals surface area contributed by atoms with Gasteiger partial charge in [-0.05, 0) is 37.1 Å². The average molecular weight is 364 g/mol. The van der Waals surface area contributed by atoms with Gasteiger partial charge in [0.2, 0.25) is 5.91 Å².